The fourth-order valence-electron chi connectivity index (χ4n) is 2.04. The summed E-state index contributed by atoms with van der Waals surface area (Å²) in [6, 6.07) is 0. The Morgan fingerprint density at radius 2 is 1.88 bits per heavy atom. The van der Waals surface area contributed by atoms with E-state index >= 15 is 0 Å². The number of hydrogen-bond acceptors (Lipinski definition) is 2. The van der Waals surface area contributed by atoms with Crippen LogP contribution in [0.2, 0.25) is 0 Å². The van der Waals surface area contributed by atoms with Crippen LogP contribution in [0.4, 0.5) is 13.2 Å². The third-order valence-electron chi connectivity index (χ3n) is 2.81. The van der Waals surface area contributed by atoms with E-state index < -0.39 is 24.2 Å². The van der Waals surface area contributed by atoms with Gasteiger partial charge < -0.3 is 4.74 Å². The van der Waals surface area contributed by atoms with Crippen LogP contribution in [0, 0.1) is 5.92 Å². The average Bonchev–Trinajstić information content (AvgIpc) is 2.25. The van der Waals surface area contributed by atoms with Crippen LogP contribution in [0.5, 0.6) is 0 Å². The molecule has 0 spiro atoms. The molecule has 1 rings (SSSR count). The first kappa shape index (κ1) is 13.1. The molecule has 1 aliphatic carbocycles. The van der Waals surface area contributed by atoms with Crippen molar-refractivity contribution >= 4 is 5.97 Å². The number of hydrogen-bond donors (Lipinski definition) is 0. The predicted molar refractivity (Wildman–Crippen MR) is 52.7 cm³/mol. The lowest BCUT2D eigenvalue weighted by Crippen LogP contribution is -2.40. The minimum absolute atomic E-state index is 0.467. The Bertz CT molecular complexity index is 254. The minimum atomic E-state index is -4.49. The summed E-state index contributed by atoms with van der Waals surface area (Å²) in [5.74, 6) is -1.61. The SMILES string of the molecule is C=CC(=O)OC(C1CCCCC1)C(F)(F)F. The quantitative estimate of drug-likeness (QED) is 0.555. The molecular formula is C11H15F3O2. The highest BCUT2D eigenvalue weighted by Gasteiger charge is 2.47. The zero-order valence-electron chi connectivity index (χ0n) is 8.93. The molecule has 1 atom stereocenters. The van der Waals surface area contributed by atoms with Crippen molar-refractivity contribution in [3.05, 3.63) is 12.7 Å². The molecular weight excluding hydrogens is 221 g/mol. The van der Waals surface area contributed by atoms with Crippen molar-refractivity contribution in [3.8, 4) is 0 Å². The van der Waals surface area contributed by atoms with Gasteiger partial charge in [0, 0.05) is 12.0 Å². The van der Waals surface area contributed by atoms with Gasteiger partial charge >= 0.3 is 12.1 Å². The molecule has 1 aliphatic rings. The minimum Gasteiger partial charge on any atom is -0.449 e. The predicted octanol–water partition coefficient (Wildman–Crippen LogP) is 3.23. The first-order valence-electron chi connectivity index (χ1n) is 5.35. The largest absolute Gasteiger partial charge is 0.449 e. The van der Waals surface area contributed by atoms with Crippen molar-refractivity contribution in [2.24, 2.45) is 5.92 Å². The van der Waals surface area contributed by atoms with Crippen LogP contribution in [0.3, 0.4) is 0 Å². The van der Waals surface area contributed by atoms with Crippen LogP contribution in [-0.2, 0) is 9.53 Å². The molecule has 0 bridgehead atoms. The van der Waals surface area contributed by atoms with E-state index in [-0.39, 0.29) is 0 Å². The average molecular weight is 236 g/mol. The number of carbonyl (C=O) groups is 1. The Hall–Kier alpha value is -1.00. The van der Waals surface area contributed by atoms with Gasteiger partial charge in [0.1, 0.15) is 0 Å². The molecule has 2 nitrogen and oxygen atoms in total. The molecule has 16 heavy (non-hydrogen) atoms. The number of rotatable bonds is 3. The Kier molecular flexibility index (Phi) is 4.38. The molecule has 0 N–H and O–H groups in total. The van der Waals surface area contributed by atoms with E-state index in [2.05, 4.69) is 11.3 Å². The van der Waals surface area contributed by atoms with Crippen LogP contribution in [-0.4, -0.2) is 18.2 Å². The summed E-state index contributed by atoms with van der Waals surface area (Å²) in [6.45, 7) is 3.10. The summed E-state index contributed by atoms with van der Waals surface area (Å²) in [5.41, 5.74) is 0. The van der Waals surface area contributed by atoms with Gasteiger partial charge in [0.2, 0.25) is 0 Å². The third kappa shape index (κ3) is 3.54. The van der Waals surface area contributed by atoms with Gasteiger partial charge in [0.15, 0.2) is 6.10 Å². The van der Waals surface area contributed by atoms with Gasteiger partial charge in [-0.2, -0.15) is 13.2 Å². The topological polar surface area (TPSA) is 26.3 Å². The van der Waals surface area contributed by atoms with Crippen molar-refractivity contribution in [1.29, 1.82) is 0 Å². The van der Waals surface area contributed by atoms with Gasteiger partial charge in [-0.1, -0.05) is 25.8 Å². The molecule has 0 heterocycles. The van der Waals surface area contributed by atoms with E-state index in [0.717, 1.165) is 25.3 Å². The molecule has 1 unspecified atom stereocenters. The van der Waals surface area contributed by atoms with Gasteiger partial charge in [0.25, 0.3) is 0 Å². The van der Waals surface area contributed by atoms with E-state index in [0.29, 0.717) is 12.8 Å². The van der Waals surface area contributed by atoms with Gasteiger partial charge in [-0.3, -0.25) is 0 Å². The first-order valence-corrected chi connectivity index (χ1v) is 5.35. The van der Waals surface area contributed by atoms with Crippen molar-refractivity contribution in [1.82, 2.24) is 0 Å². The Balaban J connectivity index is 2.69. The van der Waals surface area contributed by atoms with E-state index in [9.17, 15) is 18.0 Å². The number of carbonyl (C=O) groups excluding carboxylic acids is 1. The normalized spacial score (nSPS) is 20.2. The Morgan fingerprint density at radius 3 is 2.31 bits per heavy atom. The highest BCUT2D eigenvalue weighted by Crippen LogP contribution is 2.36. The smallest absolute Gasteiger partial charge is 0.425 e. The lowest BCUT2D eigenvalue weighted by Gasteiger charge is -2.30. The maximum Gasteiger partial charge on any atom is 0.425 e. The molecule has 0 aromatic heterocycles. The second-order valence-corrected chi connectivity index (χ2v) is 4.00. The standard InChI is InChI=1S/C11H15F3O2/c1-2-9(15)16-10(11(12,13)14)8-6-4-3-5-7-8/h2,8,10H,1,3-7H2. The van der Waals surface area contributed by atoms with Gasteiger partial charge in [-0.15, -0.1) is 0 Å². The van der Waals surface area contributed by atoms with Crippen LogP contribution in [0.1, 0.15) is 32.1 Å². The maximum absolute atomic E-state index is 12.7. The lowest BCUT2D eigenvalue weighted by molar-refractivity contribution is -0.234. The summed E-state index contributed by atoms with van der Waals surface area (Å²) in [6.07, 6.45) is -2.27. The molecule has 0 radical (unpaired) electrons. The van der Waals surface area contributed by atoms with Crippen molar-refractivity contribution in [2.45, 2.75) is 44.4 Å². The first-order chi connectivity index (χ1) is 7.45. The second kappa shape index (κ2) is 5.37. The molecule has 0 aliphatic heterocycles. The molecule has 92 valence electrons. The monoisotopic (exact) mass is 236 g/mol. The highest BCUT2D eigenvalue weighted by atomic mass is 19.4. The van der Waals surface area contributed by atoms with Crippen LogP contribution < -0.4 is 0 Å². The number of ether oxygens (including phenoxy) is 1. The van der Waals surface area contributed by atoms with Gasteiger partial charge in [-0.05, 0) is 12.8 Å². The third-order valence-corrected chi connectivity index (χ3v) is 2.81. The molecule has 0 saturated heterocycles. The maximum atomic E-state index is 12.7. The van der Waals surface area contributed by atoms with Gasteiger partial charge in [-0.25, -0.2) is 4.79 Å². The van der Waals surface area contributed by atoms with Crippen molar-refractivity contribution < 1.29 is 22.7 Å². The lowest BCUT2D eigenvalue weighted by atomic mass is 9.85. The van der Waals surface area contributed by atoms with Crippen LogP contribution in [0.25, 0.3) is 0 Å². The Morgan fingerprint density at radius 1 is 1.31 bits per heavy atom. The molecule has 1 saturated carbocycles. The highest BCUT2D eigenvalue weighted by molar-refractivity contribution is 5.81. The van der Waals surface area contributed by atoms with Gasteiger partial charge in [0.05, 0.1) is 0 Å². The number of halogens is 3. The van der Waals surface area contributed by atoms with E-state index in [4.69, 9.17) is 0 Å². The number of esters is 1. The molecule has 5 heteroatoms. The molecule has 0 amide bonds. The summed E-state index contributed by atoms with van der Waals surface area (Å²) < 4.78 is 42.5. The van der Waals surface area contributed by atoms with Crippen LogP contribution >= 0.6 is 0 Å². The molecule has 1 fully saturated rings. The van der Waals surface area contributed by atoms with E-state index in [1.54, 1.807) is 0 Å². The molecule has 0 aromatic rings. The van der Waals surface area contributed by atoms with E-state index in [1.165, 1.54) is 0 Å². The van der Waals surface area contributed by atoms with Crippen LogP contribution in [0.15, 0.2) is 12.7 Å². The second-order valence-electron chi connectivity index (χ2n) is 4.00. The zero-order valence-corrected chi connectivity index (χ0v) is 8.93. The fourth-order valence-corrected chi connectivity index (χ4v) is 2.04. The Labute approximate surface area is 92.5 Å². The summed E-state index contributed by atoms with van der Waals surface area (Å²) in [7, 11) is 0. The van der Waals surface area contributed by atoms with Crippen molar-refractivity contribution in [3.63, 3.8) is 0 Å². The number of alkyl halides is 3. The van der Waals surface area contributed by atoms with E-state index in [1.807, 2.05) is 0 Å². The fraction of sp³-hybridized carbons (Fsp3) is 0.727. The summed E-state index contributed by atoms with van der Waals surface area (Å²) in [4.78, 5) is 10.9. The summed E-state index contributed by atoms with van der Waals surface area (Å²) in [5, 5.41) is 0. The summed E-state index contributed by atoms with van der Waals surface area (Å²) >= 11 is 0. The van der Waals surface area contributed by atoms with Crippen molar-refractivity contribution in [2.75, 3.05) is 0 Å². The zero-order chi connectivity index (χ0) is 12.2. The molecule has 0 aromatic carbocycles.